The summed E-state index contributed by atoms with van der Waals surface area (Å²) < 4.78 is 5.35. The van der Waals surface area contributed by atoms with Gasteiger partial charge in [0.15, 0.2) is 6.10 Å². The number of rotatable bonds is 4. The number of carbonyl (C=O) groups is 1. The van der Waals surface area contributed by atoms with Crippen molar-refractivity contribution < 1.29 is 9.53 Å². The second kappa shape index (κ2) is 6.68. The minimum absolute atomic E-state index is 0.0487. The average Bonchev–Trinajstić information content (AvgIpc) is 2.43. The lowest BCUT2D eigenvalue weighted by atomic mass is 9.95. The van der Waals surface area contributed by atoms with Gasteiger partial charge in [0.1, 0.15) is 0 Å². The number of methoxy groups -OCH3 is 1. The lowest BCUT2D eigenvalue weighted by molar-refractivity contribution is -0.132. The van der Waals surface area contributed by atoms with Crippen molar-refractivity contribution in [2.24, 2.45) is 5.92 Å². The van der Waals surface area contributed by atoms with Crippen molar-refractivity contribution in [2.75, 3.05) is 20.2 Å². The fourth-order valence-corrected chi connectivity index (χ4v) is 2.51. The quantitative estimate of drug-likeness (QED) is 0.864. The van der Waals surface area contributed by atoms with Crippen LogP contribution in [-0.2, 0) is 9.53 Å². The first-order chi connectivity index (χ1) is 9.22. The predicted molar refractivity (Wildman–Crippen MR) is 74.8 cm³/mol. The van der Waals surface area contributed by atoms with Gasteiger partial charge in [-0.3, -0.25) is 4.79 Å². The Morgan fingerprint density at radius 1 is 1.42 bits per heavy atom. The molecule has 1 aromatic rings. The molecule has 2 N–H and O–H groups in total. The van der Waals surface area contributed by atoms with Gasteiger partial charge in [-0.25, -0.2) is 0 Å². The summed E-state index contributed by atoms with van der Waals surface area (Å²) in [7, 11) is 1.57. The summed E-state index contributed by atoms with van der Waals surface area (Å²) >= 11 is 0. The van der Waals surface area contributed by atoms with Gasteiger partial charge in [-0.1, -0.05) is 37.3 Å². The van der Waals surface area contributed by atoms with Crippen LogP contribution in [0, 0.1) is 5.92 Å². The first-order valence-corrected chi connectivity index (χ1v) is 6.81. The predicted octanol–water partition coefficient (Wildman–Crippen LogP) is 1.49. The highest BCUT2D eigenvalue weighted by Gasteiger charge is 2.27. The molecule has 0 bridgehead atoms. The Kier molecular flexibility index (Phi) is 4.93. The molecule has 0 spiro atoms. The molecule has 1 fully saturated rings. The minimum Gasteiger partial charge on any atom is -0.367 e. The second-order valence-corrected chi connectivity index (χ2v) is 5.11. The summed E-state index contributed by atoms with van der Waals surface area (Å²) in [5.74, 6) is 0.401. The van der Waals surface area contributed by atoms with Crippen LogP contribution >= 0.6 is 0 Å². The summed E-state index contributed by atoms with van der Waals surface area (Å²) in [6, 6.07) is 9.83. The molecule has 19 heavy (non-hydrogen) atoms. The summed E-state index contributed by atoms with van der Waals surface area (Å²) in [5, 5.41) is 6.44. The van der Waals surface area contributed by atoms with Gasteiger partial charge in [0.2, 0.25) is 0 Å². The van der Waals surface area contributed by atoms with E-state index in [0.29, 0.717) is 5.92 Å². The van der Waals surface area contributed by atoms with Crippen LogP contribution in [0.1, 0.15) is 25.0 Å². The Hall–Kier alpha value is -1.39. The van der Waals surface area contributed by atoms with Crippen molar-refractivity contribution in [1.82, 2.24) is 10.6 Å². The summed E-state index contributed by atoms with van der Waals surface area (Å²) in [5.41, 5.74) is 0.893. The van der Waals surface area contributed by atoms with Crippen LogP contribution in [0.3, 0.4) is 0 Å². The van der Waals surface area contributed by atoms with E-state index in [1.165, 1.54) is 0 Å². The highest BCUT2D eigenvalue weighted by Crippen LogP contribution is 2.18. The van der Waals surface area contributed by atoms with Crippen molar-refractivity contribution in [3.63, 3.8) is 0 Å². The fourth-order valence-electron chi connectivity index (χ4n) is 2.51. The third-order valence-corrected chi connectivity index (χ3v) is 3.69. The zero-order valence-electron chi connectivity index (χ0n) is 11.6. The largest absolute Gasteiger partial charge is 0.367 e. The summed E-state index contributed by atoms with van der Waals surface area (Å²) in [4.78, 5) is 12.3. The molecular formula is C15H22N2O2. The number of amides is 1. The van der Waals surface area contributed by atoms with Gasteiger partial charge in [0.25, 0.3) is 5.91 Å². The Labute approximate surface area is 114 Å². The van der Waals surface area contributed by atoms with Gasteiger partial charge in [0, 0.05) is 13.2 Å². The van der Waals surface area contributed by atoms with Crippen LogP contribution < -0.4 is 10.6 Å². The Balaban J connectivity index is 2.01. The molecule has 1 amide bonds. The fraction of sp³-hybridized carbons (Fsp3) is 0.533. The van der Waals surface area contributed by atoms with Crippen LogP contribution in [0.25, 0.3) is 0 Å². The highest BCUT2D eigenvalue weighted by atomic mass is 16.5. The van der Waals surface area contributed by atoms with E-state index in [4.69, 9.17) is 4.74 Å². The van der Waals surface area contributed by atoms with E-state index in [9.17, 15) is 4.79 Å². The Morgan fingerprint density at radius 2 is 2.16 bits per heavy atom. The van der Waals surface area contributed by atoms with E-state index < -0.39 is 6.10 Å². The Bertz CT molecular complexity index is 408. The van der Waals surface area contributed by atoms with Crippen molar-refractivity contribution >= 4 is 5.91 Å². The van der Waals surface area contributed by atoms with E-state index in [1.807, 2.05) is 30.3 Å². The molecule has 4 heteroatoms. The van der Waals surface area contributed by atoms with Crippen LogP contribution in [0.2, 0.25) is 0 Å². The lowest BCUT2D eigenvalue weighted by Gasteiger charge is -2.31. The van der Waals surface area contributed by atoms with Gasteiger partial charge in [-0.15, -0.1) is 0 Å². The second-order valence-electron chi connectivity index (χ2n) is 5.11. The number of hydrogen-bond donors (Lipinski definition) is 2. The van der Waals surface area contributed by atoms with E-state index in [1.54, 1.807) is 7.11 Å². The molecule has 1 heterocycles. The monoisotopic (exact) mass is 262 g/mol. The van der Waals surface area contributed by atoms with Gasteiger partial charge < -0.3 is 15.4 Å². The normalized spacial score (nSPS) is 24.7. The van der Waals surface area contributed by atoms with Crippen LogP contribution in [0.5, 0.6) is 0 Å². The standard InChI is InChI=1S/C15H22N2O2/c1-11-10-16-9-8-13(11)17-15(18)14(19-2)12-6-4-3-5-7-12/h3-7,11,13-14,16H,8-10H2,1-2H3,(H,17,18). The summed E-state index contributed by atoms with van der Waals surface area (Å²) in [6.45, 7) is 4.06. The van der Waals surface area contributed by atoms with Gasteiger partial charge >= 0.3 is 0 Å². The maximum Gasteiger partial charge on any atom is 0.253 e. The molecule has 0 aliphatic carbocycles. The van der Waals surface area contributed by atoms with Crippen LogP contribution in [-0.4, -0.2) is 32.1 Å². The lowest BCUT2D eigenvalue weighted by Crippen LogP contribution is -2.49. The van der Waals surface area contributed by atoms with Gasteiger partial charge in [-0.05, 0) is 31.0 Å². The molecule has 2 rings (SSSR count). The van der Waals surface area contributed by atoms with Gasteiger partial charge in [-0.2, -0.15) is 0 Å². The Morgan fingerprint density at radius 3 is 2.79 bits per heavy atom. The van der Waals surface area contributed by atoms with Crippen molar-refractivity contribution in [3.8, 4) is 0 Å². The minimum atomic E-state index is -0.525. The first kappa shape index (κ1) is 14.0. The SMILES string of the molecule is COC(C(=O)NC1CCNCC1C)c1ccccc1. The highest BCUT2D eigenvalue weighted by molar-refractivity contribution is 5.82. The number of hydrogen-bond acceptors (Lipinski definition) is 3. The third-order valence-electron chi connectivity index (χ3n) is 3.69. The molecule has 0 radical (unpaired) electrons. The van der Waals surface area contributed by atoms with Crippen LogP contribution in [0.4, 0.5) is 0 Å². The van der Waals surface area contributed by atoms with Gasteiger partial charge in [0.05, 0.1) is 0 Å². The van der Waals surface area contributed by atoms with E-state index in [0.717, 1.165) is 25.1 Å². The number of nitrogens with one attached hydrogen (secondary N) is 2. The molecule has 4 nitrogen and oxygen atoms in total. The number of ether oxygens (including phenoxy) is 1. The molecule has 1 aliphatic rings. The summed E-state index contributed by atoms with van der Waals surface area (Å²) in [6.07, 6.45) is 0.446. The third kappa shape index (κ3) is 3.55. The molecule has 3 unspecified atom stereocenters. The topological polar surface area (TPSA) is 50.4 Å². The molecular weight excluding hydrogens is 240 g/mol. The first-order valence-electron chi connectivity index (χ1n) is 6.81. The average molecular weight is 262 g/mol. The van der Waals surface area contributed by atoms with Crippen molar-refractivity contribution in [2.45, 2.75) is 25.5 Å². The smallest absolute Gasteiger partial charge is 0.253 e. The molecule has 1 aromatic carbocycles. The maximum atomic E-state index is 12.3. The molecule has 0 saturated carbocycles. The van der Waals surface area contributed by atoms with E-state index in [2.05, 4.69) is 17.6 Å². The molecule has 104 valence electrons. The van der Waals surface area contributed by atoms with E-state index >= 15 is 0 Å². The van der Waals surface area contributed by atoms with Crippen molar-refractivity contribution in [1.29, 1.82) is 0 Å². The van der Waals surface area contributed by atoms with Crippen LogP contribution in [0.15, 0.2) is 30.3 Å². The molecule has 3 atom stereocenters. The zero-order valence-corrected chi connectivity index (χ0v) is 11.6. The molecule has 1 aliphatic heterocycles. The number of piperidine rings is 1. The maximum absolute atomic E-state index is 12.3. The molecule has 0 aromatic heterocycles. The number of carbonyl (C=O) groups excluding carboxylic acids is 1. The van der Waals surface area contributed by atoms with Crippen molar-refractivity contribution in [3.05, 3.63) is 35.9 Å². The zero-order chi connectivity index (χ0) is 13.7. The molecule has 1 saturated heterocycles. The number of benzene rings is 1. The van der Waals surface area contributed by atoms with E-state index in [-0.39, 0.29) is 11.9 Å².